The lowest BCUT2D eigenvalue weighted by atomic mass is 9.77. The highest BCUT2D eigenvalue weighted by Gasteiger charge is 2.49. The second-order valence-electron chi connectivity index (χ2n) is 20.9. The van der Waals surface area contributed by atoms with E-state index in [1.807, 2.05) is 0 Å². The van der Waals surface area contributed by atoms with Gasteiger partial charge in [0.25, 0.3) is 11.5 Å². The second kappa shape index (κ2) is 23.3. The molecule has 5 aliphatic rings. The van der Waals surface area contributed by atoms with Gasteiger partial charge >= 0.3 is 11.9 Å². The van der Waals surface area contributed by atoms with Crippen molar-refractivity contribution in [3.05, 3.63) is 97.6 Å². The van der Waals surface area contributed by atoms with Gasteiger partial charge in [-0.15, -0.1) is 0 Å². The predicted octanol–water partition coefficient (Wildman–Crippen LogP) is -0.842. The molecule has 81 heavy (non-hydrogen) atoms. The lowest BCUT2D eigenvalue weighted by Crippen LogP contribution is -2.56. The van der Waals surface area contributed by atoms with Gasteiger partial charge in [0.15, 0.2) is 5.60 Å². The third-order valence-electron chi connectivity index (χ3n) is 15.7. The monoisotopic (exact) mass is 1120 g/mol. The van der Waals surface area contributed by atoms with E-state index in [1.54, 1.807) is 50.2 Å². The van der Waals surface area contributed by atoms with Crippen molar-refractivity contribution >= 4 is 70.1 Å². The van der Waals surface area contributed by atoms with Crippen LogP contribution in [-0.4, -0.2) is 141 Å². The number of ether oxygens (including phenoxy) is 2. The summed E-state index contributed by atoms with van der Waals surface area (Å²) in [6.07, 6.45) is 1.75. The molecule has 26 heteroatoms. The molecule has 9 N–H and O–H groups in total. The van der Waals surface area contributed by atoms with Crippen LogP contribution in [0.2, 0.25) is 0 Å². The molecule has 1 unspecified atom stereocenters. The molecule has 5 atom stereocenters. The lowest BCUT2D eigenvalue weighted by Gasteiger charge is -2.41. The Labute approximate surface area is 461 Å². The quantitative estimate of drug-likeness (QED) is 0.0232. The minimum atomic E-state index is -2.07. The number of cyclic esters (lactones) is 1. The number of nitrogens with zero attached hydrogens (tertiary/aromatic N) is 3. The smallest absolute Gasteiger partial charge is 0.343 e. The summed E-state index contributed by atoms with van der Waals surface area (Å²) in [5, 5.41) is 39.0. The summed E-state index contributed by atoms with van der Waals surface area (Å²) >= 11 is 0. The molecule has 1 saturated carbocycles. The van der Waals surface area contributed by atoms with Gasteiger partial charge < -0.3 is 61.5 Å². The number of aliphatic hydroxyl groups is 1. The Balaban J connectivity index is 0.805. The number of fused-ring (bicyclic) bond motifs is 5. The number of aryl methyl sites for hydroxylation is 1. The van der Waals surface area contributed by atoms with Crippen LogP contribution in [0.15, 0.2) is 47.3 Å². The maximum Gasteiger partial charge on any atom is 0.343 e. The van der Waals surface area contributed by atoms with Gasteiger partial charge in [0.1, 0.15) is 36.8 Å². The Morgan fingerprint density at radius 2 is 1.60 bits per heavy atom. The number of carboxylic acids is 1. The van der Waals surface area contributed by atoms with Crippen molar-refractivity contribution in [2.24, 2.45) is 5.92 Å². The molecule has 4 aromatic rings. The van der Waals surface area contributed by atoms with Crippen molar-refractivity contribution in [1.29, 1.82) is 0 Å². The molecule has 0 radical (unpaired) electrons. The number of nitrogens with one attached hydrogen (secondary N) is 7. The average Bonchev–Trinajstić information content (AvgIpc) is 3.21. The van der Waals surface area contributed by atoms with Crippen LogP contribution in [0.5, 0.6) is 0 Å². The molecule has 25 nitrogen and oxygen atoms in total. The molecule has 3 aliphatic heterocycles. The summed E-state index contributed by atoms with van der Waals surface area (Å²) in [5.74, 6) is -9.10. The fourth-order valence-corrected chi connectivity index (χ4v) is 11.1. The molecule has 0 bridgehead atoms. The van der Waals surface area contributed by atoms with Gasteiger partial charge in [0, 0.05) is 47.9 Å². The summed E-state index contributed by atoms with van der Waals surface area (Å²) in [4.78, 5) is 149. The van der Waals surface area contributed by atoms with Crippen LogP contribution < -0.4 is 42.8 Å². The fourth-order valence-electron chi connectivity index (χ4n) is 11.1. The van der Waals surface area contributed by atoms with Crippen LogP contribution in [0.4, 0.5) is 4.39 Å². The van der Waals surface area contributed by atoms with Crippen LogP contribution in [0.1, 0.15) is 97.4 Å². The molecule has 2 fully saturated rings. The predicted molar refractivity (Wildman–Crippen MR) is 280 cm³/mol. The van der Waals surface area contributed by atoms with Gasteiger partial charge in [-0.3, -0.25) is 52.8 Å². The topological polar surface area (TPSA) is 352 Å². The lowest BCUT2D eigenvalue weighted by molar-refractivity contribution is -0.172. The van der Waals surface area contributed by atoms with Gasteiger partial charge in [0.2, 0.25) is 41.4 Å². The first-order valence-electron chi connectivity index (χ1n) is 26.6. The van der Waals surface area contributed by atoms with Gasteiger partial charge in [-0.1, -0.05) is 44.2 Å². The van der Waals surface area contributed by atoms with Crippen molar-refractivity contribution in [1.82, 2.24) is 51.7 Å². The van der Waals surface area contributed by atoms with Crippen molar-refractivity contribution in [3.8, 4) is 11.4 Å². The molecule has 1 saturated heterocycles. The van der Waals surface area contributed by atoms with E-state index < -0.39 is 145 Å². The zero-order chi connectivity index (χ0) is 58.1. The SMILES string of the molecule is CC[C@@]1(O)C(=O)OCc2c1cc1n(c2=O)Cc2c-1nc1cc(F)c(C)c3c1c2[C@@H](NC(=O)C1(OCNC(=O)CNC(=O)[C@H](Cc2ccccc2)NC(=O)CNC(=O)CNC(=O)[C@@H](CNCC(=O)O)N2C(=O)CC(C)C2=O)CCC1)CC3. The Kier molecular flexibility index (Phi) is 16.5. The van der Waals surface area contributed by atoms with Crippen LogP contribution >= 0.6 is 0 Å². The van der Waals surface area contributed by atoms with E-state index in [9.17, 15) is 57.8 Å². The maximum atomic E-state index is 15.5. The summed E-state index contributed by atoms with van der Waals surface area (Å²) in [7, 11) is 0. The average molecular weight is 1120 g/mol. The number of amides is 8. The number of benzene rings is 2. The number of aliphatic carboxylic acids is 1. The summed E-state index contributed by atoms with van der Waals surface area (Å²) in [5.41, 5.74) is 0.380. The van der Waals surface area contributed by atoms with Crippen LogP contribution in [0.3, 0.4) is 0 Å². The molecular formula is C55H61FN10O15. The molecule has 428 valence electrons. The Bertz CT molecular complexity index is 3370. The normalized spacial score (nSPS) is 19.9. The standard InChI is InChI=1S/C55H61FN10O15/c1-4-55(79)33-17-38-47-31(24-65(38)51(76)32(33)25-80-53(55)78)46-35(12-11-30-28(3)34(56)18-36(63-47)45(30)46)64-52(77)54(13-8-14-54)81-26-61-41(68)21-59-48(73)37(16-29-9-6-5-7-10-29)62-42(69)22-58-40(67)20-60-49(74)39(19-57-23-44(71)72)66-43(70)15-27(2)50(66)75/h5-7,9-10,17-18,27,35,37,39,57,79H,4,8,11-16,19-26H2,1-3H3,(H,58,67)(H,59,73)(H,60,74)(H,61,68)(H,62,69)(H,64,77)(H,71,72)/t27?,35-,37-,39+,55-/m0/s1. The van der Waals surface area contributed by atoms with E-state index in [1.165, 1.54) is 17.6 Å². The second-order valence-corrected chi connectivity index (χ2v) is 20.9. The number of carbonyl (C=O) groups is 10. The number of aromatic nitrogens is 2. The number of likely N-dealkylation sites (tertiary alicyclic amines) is 1. The summed E-state index contributed by atoms with van der Waals surface area (Å²) in [6.45, 7) is 1.16. The molecule has 0 spiro atoms. The first-order valence-corrected chi connectivity index (χ1v) is 26.6. The van der Waals surface area contributed by atoms with E-state index in [-0.39, 0.29) is 43.5 Å². The van der Waals surface area contributed by atoms with Crippen LogP contribution in [-0.2, 0) is 89.0 Å². The number of imide groups is 1. The highest BCUT2D eigenvalue weighted by atomic mass is 19.1. The number of esters is 1. The first kappa shape index (κ1) is 57.2. The van der Waals surface area contributed by atoms with Gasteiger partial charge in [-0.25, -0.2) is 14.2 Å². The molecule has 2 aliphatic carbocycles. The van der Waals surface area contributed by atoms with Crippen molar-refractivity contribution < 1.29 is 72.0 Å². The number of rotatable bonds is 22. The van der Waals surface area contributed by atoms with Gasteiger partial charge in [0.05, 0.1) is 61.2 Å². The van der Waals surface area contributed by atoms with Crippen molar-refractivity contribution in [2.45, 2.75) is 115 Å². The minimum Gasteiger partial charge on any atom is -0.480 e. The Morgan fingerprint density at radius 3 is 2.27 bits per heavy atom. The summed E-state index contributed by atoms with van der Waals surface area (Å²) in [6, 6.07) is 8.13. The highest BCUT2D eigenvalue weighted by Crippen LogP contribution is 2.47. The van der Waals surface area contributed by atoms with Crippen LogP contribution in [0.25, 0.3) is 22.3 Å². The number of hydrogen-bond donors (Lipinski definition) is 9. The highest BCUT2D eigenvalue weighted by molar-refractivity contribution is 6.07. The molecule has 2 aromatic heterocycles. The maximum absolute atomic E-state index is 15.5. The minimum absolute atomic E-state index is 0.0280. The van der Waals surface area contributed by atoms with E-state index in [4.69, 9.17) is 19.6 Å². The molecule has 8 amide bonds. The number of halogens is 1. The zero-order valence-electron chi connectivity index (χ0n) is 44.6. The third-order valence-corrected chi connectivity index (χ3v) is 15.7. The van der Waals surface area contributed by atoms with Gasteiger partial charge in [-0.2, -0.15) is 0 Å². The van der Waals surface area contributed by atoms with Crippen molar-refractivity contribution in [3.63, 3.8) is 0 Å². The van der Waals surface area contributed by atoms with Gasteiger partial charge in [-0.05, 0) is 73.8 Å². The Hall–Kier alpha value is -8.49. The van der Waals surface area contributed by atoms with E-state index in [0.29, 0.717) is 76.6 Å². The largest absolute Gasteiger partial charge is 0.480 e. The van der Waals surface area contributed by atoms with E-state index in [2.05, 4.69) is 37.2 Å². The summed E-state index contributed by atoms with van der Waals surface area (Å²) < 4.78 is 28.4. The third kappa shape index (κ3) is 11.3. The molecule has 9 rings (SSSR count). The zero-order valence-corrected chi connectivity index (χ0v) is 44.6. The van der Waals surface area contributed by atoms with Crippen molar-refractivity contribution in [2.75, 3.05) is 39.5 Å². The Morgan fingerprint density at radius 1 is 0.901 bits per heavy atom. The number of pyridine rings is 2. The fraction of sp³-hybridized carbons (Fsp3) is 0.455. The number of hydrogen-bond acceptors (Lipinski definition) is 16. The number of carbonyl (C=O) groups excluding carboxylic acids is 9. The molecular weight excluding hydrogens is 1060 g/mol. The van der Waals surface area contributed by atoms with E-state index >= 15 is 4.39 Å². The van der Waals surface area contributed by atoms with E-state index in [0.717, 1.165) is 10.5 Å². The molecule has 2 aromatic carbocycles. The first-order chi connectivity index (χ1) is 38.6. The number of carboxylic acid groups (broad SMARTS) is 1. The molecule has 5 heterocycles. The van der Waals surface area contributed by atoms with Crippen LogP contribution in [0, 0.1) is 18.7 Å².